The normalized spacial score (nSPS) is 15.2. The molecule has 0 aromatic rings. The molecule has 0 saturated carbocycles. The van der Waals surface area contributed by atoms with Crippen LogP contribution in [0.2, 0.25) is 0 Å². The van der Waals surface area contributed by atoms with Gasteiger partial charge in [0, 0.05) is 32.1 Å². The first-order valence-electron chi connectivity index (χ1n) is 7.70. The molecule has 0 aromatic carbocycles. The third-order valence-corrected chi connectivity index (χ3v) is 3.49. The first-order valence-corrected chi connectivity index (χ1v) is 8.24. The molecule has 0 heterocycles. The van der Waals surface area contributed by atoms with Gasteiger partial charge in [-0.3, -0.25) is 9.59 Å². The van der Waals surface area contributed by atoms with E-state index in [4.69, 9.17) is 21.1 Å². The van der Waals surface area contributed by atoms with Gasteiger partial charge in [-0.05, 0) is 20.3 Å². The largest absolute Gasteiger partial charge is 0.449 e. The zero-order chi connectivity index (χ0) is 18.0. The molecule has 1 unspecified atom stereocenters. The highest BCUT2D eigenvalue weighted by atomic mass is 35.5. The van der Waals surface area contributed by atoms with Crippen LogP contribution in [0.4, 0.5) is 0 Å². The predicted octanol–water partition coefficient (Wildman–Crippen LogP) is 3.86. The van der Waals surface area contributed by atoms with Crippen molar-refractivity contribution in [2.45, 2.75) is 66.1 Å². The number of ether oxygens (including phenoxy) is 2. The van der Waals surface area contributed by atoms with E-state index in [1.807, 2.05) is 26.8 Å². The van der Waals surface area contributed by atoms with Crippen molar-refractivity contribution in [3.05, 3.63) is 11.6 Å². The van der Waals surface area contributed by atoms with Gasteiger partial charge >= 0.3 is 11.9 Å². The van der Waals surface area contributed by atoms with Crippen LogP contribution in [0.1, 0.15) is 54.4 Å². The van der Waals surface area contributed by atoms with Crippen LogP contribution >= 0.6 is 11.6 Å². The highest BCUT2D eigenvalue weighted by Gasteiger charge is 2.25. The van der Waals surface area contributed by atoms with Crippen LogP contribution in [0, 0.1) is 17.8 Å². The molecular weight excluding hydrogens is 316 g/mol. The van der Waals surface area contributed by atoms with E-state index in [1.54, 1.807) is 6.92 Å². The second-order valence-electron chi connectivity index (χ2n) is 6.09. The van der Waals surface area contributed by atoms with Crippen LogP contribution in [-0.4, -0.2) is 29.5 Å². The first-order chi connectivity index (χ1) is 10.6. The molecule has 4 nitrogen and oxygen atoms in total. The minimum absolute atomic E-state index is 0.0476. The third kappa shape index (κ3) is 10.0. The van der Waals surface area contributed by atoms with E-state index in [1.165, 1.54) is 13.8 Å². The zero-order valence-corrected chi connectivity index (χ0v) is 15.6. The van der Waals surface area contributed by atoms with Crippen LogP contribution in [0.3, 0.4) is 0 Å². The van der Waals surface area contributed by atoms with Crippen molar-refractivity contribution in [3.8, 4) is 11.8 Å². The Balaban J connectivity index is 5.19. The van der Waals surface area contributed by atoms with E-state index in [2.05, 4.69) is 11.8 Å². The zero-order valence-electron chi connectivity index (χ0n) is 14.9. The Morgan fingerprint density at radius 2 is 1.83 bits per heavy atom. The molecule has 0 saturated heterocycles. The fourth-order valence-corrected chi connectivity index (χ4v) is 1.95. The Hall–Kier alpha value is -1.47. The van der Waals surface area contributed by atoms with Crippen molar-refractivity contribution < 1.29 is 19.1 Å². The molecule has 0 aromatic heterocycles. The van der Waals surface area contributed by atoms with Crippen LogP contribution in [-0.2, 0) is 19.1 Å². The van der Waals surface area contributed by atoms with Gasteiger partial charge in [0.05, 0.1) is 0 Å². The minimum Gasteiger partial charge on any atom is -0.449 e. The molecule has 0 rings (SSSR count). The lowest BCUT2D eigenvalue weighted by atomic mass is 9.98. The molecule has 0 aliphatic rings. The monoisotopic (exact) mass is 342 g/mol. The van der Waals surface area contributed by atoms with Crippen LogP contribution in [0.15, 0.2) is 11.6 Å². The third-order valence-electron chi connectivity index (χ3n) is 3.07. The number of allylic oxidation sites excluding steroid dienone is 2. The van der Waals surface area contributed by atoms with Gasteiger partial charge < -0.3 is 9.47 Å². The topological polar surface area (TPSA) is 52.6 Å². The van der Waals surface area contributed by atoms with E-state index >= 15 is 0 Å². The maximum absolute atomic E-state index is 11.4. The average molecular weight is 343 g/mol. The van der Waals surface area contributed by atoms with Crippen molar-refractivity contribution >= 4 is 23.5 Å². The Kier molecular flexibility index (Phi) is 9.67. The number of carbonyl (C=O) groups excluding carboxylic acids is 2. The molecule has 0 aliphatic carbocycles. The number of carbonyl (C=O) groups is 2. The summed E-state index contributed by atoms with van der Waals surface area (Å²) in [6.45, 7) is 10.2. The molecule has 2 atom stereocenters. The molecule has 0 amide bonds. The van der Waals surface area contributed by atoms with E-state index in [9.17, 15) is 9.59 Å². The van der Waals surface area contributed by atoms with Crippen LogP contribution in [0.25, 0.3) is 0 Å². The second kappa shape index (κ2) is 10.3. The fourth-order valence-electron chi connectivity index (χ4n) is 1.84. The number of hydrogen-bond donors (Lipinski definition) is 0. The van der Waals surface area contributed by atoms with E-state index in [0.29, 0.717) is 18.7 Å². The lowest BCUT2D eigenvalue weighted by Gasteiger charge is -2.24. The molecule has 0 radical (unpaired) electrons. The SMILES string of the molecule is CC(=O)OC(C#C[C@](C)(CC/C=C(\C)CCl)OC(C)=O)C(C)C. The summed E-state index contributed by atoms with van der Waals surface area (Å²) in [4.78, 5) is 22.5. The van der Waals surface area contributed by atoms with E-state index < -0.39 is 17.7 Å². The van der Waals surface area contributed by atoms with Gasteiger partial charge in [-0.1, -0.05) is 37.3 Å². The molecule has 0 N–H and O–H groups in total. The van der Waals surface area contributed by atoms with E-state index in [-0.39, 0.29) is 11.9 Å². The average Bonchev–Trinajstić information content (AvgIpc) is 2.41. The molecule has 0 spiro atoms. The number of alkyl halides is 1. The summed E-state index contributed by atoms with van der Waals surface area (Å²) in [7, 11) is 0. The molecule has 23 heavy (non-hydrogen) atoms. The maximum Gasteiger partial charge on any atom is 0.304 e. The second-order valence-corrected chi connectivity index (χ2v) is 6.36. The molecule has 5 heteroatoms. The highest BCUT2D eigenvalue weighted by molar-refractivity contribution is 6.19. The number of esters is 2. The Bertz CT molecular complexity index is 499. The Morgan fingerprint density at radius 1 is 1.22 bits per heavy atom. The van der Waals surface area contributed by atoms with Gasteiger partial charge in [0.25, 0.3) is 0 Å². The smallest absolute Gasteiger partial charge is 0.304 e. The molecular formula is C18H27ClO4. The number of rotatable bonds is 7. The van der Waals surface area contributed by atoms with Crippen molar-refractivity contribution in [2.24, 2.45) is 5.92 Å². The standard InChI is InChI=1S/C18H27ClO4/c1-13(2)17(22-15(4)20)9-11-18(6,23-16(5)21)10-7-8-14(3)12-19/h8,13,17H,7,10,12H2,1-6H3/b14-8+/t17?,18-/m0/s1. The summed E-state index contributed by atoms with van der Waals surface area (Å²) in [5.74, 6) is 5.65. The van der Waals surface area contributed by atoms with Gasteiger partial charge in [-0.15, -0.1) is 11.6 Å². The Morgan fingerprint density at radius 3 is 2.26 bits per heavy atom. The quantitative estimate of drug-likeness (QED) is 0.305. The first kappa shape index (κ1) is 21.5. The van der Waals surface area contributed by atoms with Gasteiger partial charge in [-0.2, -0.15) is 0 Å². The molecule has 0 aliphatic heterocycles. The number of halogens is 1. The van der Waals surface area contributed by atoms with Crippen molar-refractivity contribution in [1.82, 2.24) is 0 Å². The Labute approximate surface area is 144 Å². The molecule has 0 fully saturated rings. The van der Waals surface area contributed by atoms with Gasteiger partial charge in [-0.25, -0.2) is 0 Å². The summed E-state index contributed by atoms with van der Waals surface area (Å²) in [6.07, 6.45) is 2.71. The van der Waals surface area contributed by atoms with Crippen LogP contribution in [0.5, 0.6) is 0 Å². The molecule has 0 bridgehead atoms. The van der Waals surface area contributed by atoms with Crippen molar-refractivity contribution in [3.63, 3.8) is 0 Å². The maximum atomic E-state index is 11.4. The summed E-state index contributed by atoms with van der Waals surface area (Å²) >= 11 is 5.74. The predicted molar refractivity (Wildman–Crippen MR) is 92.1 cm³/mol. The summed E-state index contributed by atoms with van der Waals surface area (Å²) in [5, 5.41) is 0. The van der Waals surface area contributed by atoms with Gasteiger partial charge in [0.2, 0.25) is 0 Å². The minimum atomic E-state index is -0.928. The van der Waals surface area contributed by atoms with E-state index in [0.717, 1.165) is 5.57 Å². The van der Waals surface area contributed by atoms with Crippen LogP contribution < -0.4 is 0 Å². The fraction of sp³-hybridized carbons (Fsp3) is 0.667. The highest BCUT2D eigenvalue weighted by Crippen LogP contribution is 2.19. The summed E-state index contributed by atoms with van der Waals surface area (Å²) < 4.78 is 10.6. The molecule has 130 valence electrons. The lowest BCUT2D eigenvalue weighted by molar-refractivity contribution is -0.151. The van der Waals surface area contributed by atoms with Crippen molar-refractivity contribution in [1.29, 1.82) is 0 Å². The summed E-state index contributed by atoms with van der Waals surface area (Å²) in [6, 6.07) is 0. The lowest BCUT2D eigenvalue weighted by Crippen LogP contribution is -2.30. The number of hydrogen-bond acceptors (Lipinski definition) is 4. The summed E-state index contributed by atoms with van der Waals surface area (Å²) in [5.41, 5.74) is 0.132. The van der Waals surface area contributed by atoms with Gasteiger partial charge in [0.1, 0.15) is 0 Å². The van der Waals surface area contributed by atoms with Gasteiger partial charge in [0.15, 0.2) is 11.7 Å². The van der Waals surface area contributed by atoms with Crippen molar-refractivity contribution in [2.75, 3.05) is 5.88 Å².